The number of hydrogen-bond acceptors (Lipinski definition) is 3. The Morgan fingerprint density at radius 3 is 2.41 bits per heavy atom. The van der Waals surface area contributed by atoms with E-state index in [1.165, 1.54) is 0 Å². The molecule has 2 aromatic carbocycles. The predicted molar refractivity (Wildman–Crippen MR) is 104 cm³/mol. The van der Waals surface area contributed by atoms with Gasteiger partial charge in [-0.05, 0) is 29.7 Å². The maximum absolute atomic E-state index is 12.9. The molecular weight excluding hydrogens is 429 g/mol. The zero-order valence-corrected chi connectivity index (χ0v) is 17.0. The van der Waals surface area contributed by atoms with Gasteiger partial charge in [-0.25, -0.2) is 13.1 Å². The molecular formula is C19H20ClF3N2O3S. The van der Waals surface area contributed by atoms with E-state index >= 15 is 0 Å². The summed E-state index contributed by atoms with van der Waals surface area (Å²) in [5.74, 6) is -0.297. The zero-order valence-electron chi connectivity index (χ0n) is 15.5. The van der Waals surface area contributed by atoms with Crippen molar-refractivity contribution in [3.8, 4) is 0 Å². The minimum atomic E-state index is -4.78. The highest BCUT2D eigenvalue weighted by Crippen LogP contribution is 2.35. The van der Waals surface area contributed by atoms with Crippen molar-refractivity contribution in [3.05, 3.63) is 64.7 Å². The average molecular weight is 449 g/mol. The van der Waals surface area contributed by atoms with E-state index in [-0.39, 0.29) is 24.8 Å². The maximum atomic E-state index is 12.9. The number of carbonyl (C=O) groups excluding carboxylic acids is 1. The molecule has 0 aromatic heterocycles. The molecule has 0 radical (unpaired) electrons. The maximum Gasteiger partial charge on any atom is 0.417 e. The number of sulfonamides is 1. The largest absolute Gasteiger partial charge is 0.417 e. The van der Waals surface area contributed by atoms with Crippen LogP contribution in [0.2, 0.25) is 5.02 Å². The molecule has 0 aliphatic heterocycles. The molecule has 0 spiro atoms. The molecule has 0 aliphatic rings. The van der Waals surface area contributed by atoms with Gasteiger partial charge in [-0.15, -0.1) is 0 Å². The minimum absolute atomic E-state index is 0.0756. The van der Waals surface area contributed by atoms with Crippen LogP contribution in [-0.2, 0) is 21.0 Å². The highest BCUT2D eigenvalue weighted by molar-refractivity contribution is 7.89. The Kier molecular flexibility index (Phi) is 7.67. The third kappa shape index (κ3) is 6.73. The van der Waals surface area contributed by atoms with Gasteiger partial charge in [-0.2, -0.15) is 13.2 Å². The molecule has 2 aromatic rings. The van der Waals surface area contributed by atoms with Crippen molar-refractivity contribution in [1.29, 1.82) is 0 Å². The van der Waals surface area contributed by atoms with E-state index in [9.17, 15) is 26.4 Å². The van der Waals surface area contributed by atoms with E-state index in [1.54, 1.807) is 0 Å². The van der Waals surface area contributed by atoms with Crippen LogP contribution in [0.5, 0.6) is 0 Å². The van der Waals surface area contributed by atoms with Crippen LogP contribution in [-0.4, -0.2) is 27.4 Å². The van der Waals surface area contributed by atoms with Gasteiger partial charge in [0.2, 0.25) is 15.9 Å². The van der Waals surface area contributed by atoms with Gasteiger partial charge in [-0.3, -0.25) is 4.79 Å². The SMILES string of the molecule is CC(CNC(=O)CCNS(=O)(=O)c1ccc(Cl)c(C(F)(F)F)c1)c1ccccc1. The van der Waals surface area contributed by atoms with Crippen molar-refractivity contribution < 1.29 is 26.4 Å². The molecule has 0 heterocycles. The lowest BCUT2D eigenvalue weighted by Crippen LogP contribution is -2.32. The van der Waals surface area contributed by atoms with Gasteiger partial charge in [0.1, 0.15) is 0 Å². The first-order chi connectivity index (χ1) is 13.5. The number of nitrogens with one attached hydrogen (secondary N) is 2. The van der Waals surface area contributed by atoms with Crippen molar-refractivity contribution in [3.63, 3.8) is 0 Å². The first-order valence-corrected chi connectivity index (χ1v) is 10.5. The lowest BCUT2D eigenvalue weighted by atomic mass is 10.0. The summed E-state index contributed by atoms with van der Waals surface area (Å²) in [6, 6.07) is 11.9. The van der Waals surface area contributed by atoms with Crippen LogP contribution >= 0.6 is 11.6 Å². The molecule has 2 N–H and O–H groups in total. The molecule has 1 amide bonds. The summed E-state index contributed by atoms with van der Waals surface area (Å²) < 4.78 is 65.2. The molecule has 1 unspecified atom stereocenters. The summed E-state index contributed by atoms with van der Waals surface area (Å²) in [5, 5.41) is 2.11. The number of halogens is 4. The van der Waals surface area contributed by atoms with Gasteiger partial charge in [0, 0.05) is 19.5 Å². The van der Waals surface area contributed by atoms with E-state index in [4.69, 9.17) is 11.6 Å². The van der Waals surface area contributed by atoms with Crippen molar-refractivity contribution in [2.45, 2.75) is 30.3 Å². The van der Waals surface area contributed by atoms with Crippen LogP contribution in [0.4, 0.5) is 13.2 Å². The number of carbonyl (C=O) groups is 1. The summed E-state index contributed by atoms with van der Waals surface area (Å²) in [4.78, 5) is 11.3. The second-order valence-electron chi connectivity index (χ2n) is 6.40. The molecule has 1 atom stereocenters. The first kappa shape index (κ1) is 23.2. The number of rotatable bonds is 8. The van der Waals surface area contributed by atoms with Crippen molar-refractivity contribution in [2.75, 3.05) is 13.1 Å². The van der Waals surface area contributed by atoms with E-state index in [2.05, 4.69) is 10.0 Å². The molecule has 10 heteroatoms. The van der Waals surface area contributed by atoms with Crippen LogP contribution in [0.3, 0.4) is 0 Å². The van der Waals surface area contributed by atoms with Gasteiger partial charge in [-0.1, -0.05) is 48.9 Å². The van der Waals surface area contributed by atoms with Gasteiger partial charge in [0.25, 0.3) is 0 Å². The molecule has 158 valence electrons. The predicted octanol–water partition coefficient (Wildman–Crippen LogP) is 3.95. The molecule has 0 saturated carbocycles. The second kappa shape index (κ2) is 9.60. The minimum Gasteiger partial charge on any atom is -0.355 e. The normalized spacial score (nSPS) is 13.1. The molecule has 29 heavy (non-hydrogen) atoms. The molecule has 0 aliphatic carbocycles. The standard InChI is InChI=1S/C19H20ClF3N2O3S/c1-13(14-5-3-2-4-6-14)12-24-18(26)9-10-25-29(27,28)15-7-8-17(20)16(11-15)19(21,22)23/h2-8,11,13,25H,9-10,12H2,1H3,(H,24,26). The summed E-state index contributed by atoms with van der Waals surface area (Å²) >= 11 is 5.49. The average Bonchev–Trinajstić information content (AvgIpc) is 2.66. The van der Waals surface area contributed by atoms with Crippen molar-refractivity contribution in [1.82, 2.24) is 10.0 Å². The molecule has 0 fully saturated rings. The summed E-state index contributed by atoms with van der Waals surface area (Å²) in [6.07, 6.45) is -4.93. The van der Waals surface area contributed by atoms with Crippen molar-refractivity contribution in [2.24, 2.45) is 0 Å². The van der Waals surface area contributed by atoms with Crippen molar-refractivity contribution >= 4 is 27.5 Å². The molecule has 5 nitrogen and oxygen atoms in total. The zero-order chi connectivity index (χ0) is 21.7. The summed E-state index contributed by atoms with van der Waals surface area (Å²) in [7, 11) is -4.22. The Morgan fingerprint density at radius 2 is 1.79 bits per heavy atom. The van der Waals surface area contributed by atoms with E-state index in [1.807, 2.05) is 37.3 Å². The van der Waals surface area contributed by atoms with E-state index in [0.717, 1.165) is 17.7 Å². The number of benzene rings is 2. The highest BCUT2D eigenvalue weighted by atomic mass is 35.5. The van der Waals surface area contributed by atoms with Crippen LogP contribution in [0.15, 0.2) is 53.4 Å². The first-order valence-electron chi connectivity index (χ1n) is 8.69. The van der Waals surface area contributed by atoms with Gasteiger partial charge < -0.3 is 5.32 Å². The van der Waals surface area contributed by atoms with Crippen LogP contribution < -0.4 is 10.0 Å². The quantitative estimate of drug-likeness (QED) is 0.642. The number of alkyl halides is 3. The number of hydrogen-bond donors (Lipinski definition) is 2. The van der Waals surface area contributed by atoms with Gasteiger partial charge >= 0.3 is 6.18 Å². The fraction of sp³-hybridized carbons (Fsp3) is 0.316. The smallest absolute Gasteiger partial charge is 0.355 e. The monoisotopic (exact) mass is 448 g/mol. The number of amides is 1. The third-order valence-corrected chi connectivity index (χ3v) is 5.96. The second-order valence-corrected chi connectivity index (χ2v) is 8.58. The Balaban J connectivity index is 1.88. The molecule has 0 bridgehead atoms. The van der Waals surface area contributed by atoms with Crippen LogP contribution in [0.25, 0.3) is 0 Å². The Bertz CT molecular complexity index is 951. The van der Waals surface area contributed by atoms with Gasteiger partial charge in [0.15, 0.2) is 0 Å². The lowest BCUT2D eigenvalue weighted by Gasteiger charge is -2.14. The highest BCUT2D eigenvalue weighted by Gasteiger charge is 2.34. The molecule has 2 rings (SSSR count). The Hall–Kier alpha value is -2.10. The topological polar surface area (TPSA) is 75.3 Å². The fourth-order valence-corrected chi connectivity index (χ4v) is 3.81. The Labute approximate surface area is 172 Å². The van der Waals surface area contributed by atoms with Crippen LogP contribution in [0.1, 0.15) is 30.4 Å². The Morgan fingerprint density at radius 1 is 1.14 bits per heavy atom. The van der Waals surface area contributed by atoms with E-state index in [0.29, 0.717) is 12.6 Å². The summed E-state index contributed by atoms with van der Waals surface area (Å²) in [6.45, 7) is 2.07. The van der Waals surface area contributed by atoms with E-state index < -0.39 is 31.7 Å². The van der Waals surface area contributed by atoms with Crippen LogP contribution in [0, 0.1) is 0 Å². The fourth-order valence-electron chi connectivity index (χ4n) is 2.53. The molecule has 0 saturated heterocycles. The lowest BCUT2D eigenvalue weighted by molar-refractivity contribution is -0.137. The summed E-state index contributed by atoms with van der Waals surface area (Å²) in [5.41, 5.74) is -0.189. The van der Waals surface area contributed by atoms with Gasteiger partial charge in [0.05, 0.1) is 15.5 Å². The third-order valence-electron chi connectivity index (χ3n) is 4.17.